The van der Waals surface area contributed by atoms with Gasteiger partial charge in [-0.3, -0.25) is 0 Å². The molecule has 2 heterocycles. The van der Waals surface area contributed by atoms with Crippen LogP contribution in [-0.4, -0.2) is 43.5 Å². The smallest absolute Gasteiger partial charge is 0.245 e. The Morgan fingerprint density at radius 3 is 2.45 bits per heavy atom. The van der Waals surface area contributed by atoms with Crippen LogP contribution in [0.1, 0.15) is 49.0 Å². The van der Waals surface area contributed by atoms with Crippen LogP contribution in [0.2, 0.25) is 0 Å². The summed E-state index contributed by atoms with van der Waals surface area (Å²) in [4.78, 5) is 6.88. The van der Waals surface area contributed by atoms with Gasteiger partial charge in [0.05, 0.1) is 4.90 Å². The molecular weight excluding hydrogens is 436 g/mol. The molecule has 1 saturated carbocycles. The summed E-state index contributed by atoms with van der Waals surface area (Å²) in [5.41, 5.74) is 2.30. The van der Waals surface area contributed by atoms with Gasteiger partial charge in [0, 0.05) is 32.7 Å². The van der Waals surface area contributed by atoms with Gasteiger partial charge in [-0.1, -0.05) is 35.5 Å². The van der Waals surface area contributed by atoms with Crippen molar-refractivity contribution < 1.29 is 12.9 Å². The van der Waals surface area contributed by atoms with Crippen molar-refractivity contribution in [3.63, 3.8) is 0 Å². The minimum atomic E-state index is -3.67. The molecule has 33 heavy (non-hydrogen) atoms. The van der Waals surface area contributed by atoms with Crippen molar-refractivity contribution in [3.8, 4) is 0 Å². The topological polar surface area (TPSA) is 79.5 Å². The number of hydrogen-bond acceptors (Lipinski definition) is 6. The predicted molar refractivity (Wildman–Crippen MR) is 126 cm³/mol. The Bertz CT molecular complexity index is 1200. The van der Waals surface area contributed by atoms with E-state index in [0.29, 0.717) is 29.6 Å². The van der Waals surface area contributed by atoms with Gasteiger partial charge >= 0.3 is 0 Å². The van der Waals surface area contributed by atoms with Gasteiger partial charge in [0.25, 0.3) is 0 Å². The Morgan fingerprint density at radius 1 is 1.06 bits per heavy atom. The van der Waals surface area contributed by atoms with Crippen LogP contribution >= 0.6 is 0 Å². The number of anilines is 1. The van der Waals surface area contributed by atoms with Gasteiger partial charge < -0.3 is 9.42 Å². The van der Waals surface area contributed by atoms with Crippen molar-refractivity contribution in [1.29, 1.82) is 0 Å². The quantitative estimate of drug-likeness (QED) is 0.494. The fourth-order valence-electron chi connectivity index (χ4n) is 4.67. The van der Waals surface area contributed by atoms with Crippen molar-refractivity contribution in [1.82, 2.24) is 14.4 Å². The van der Waals surface area contributed by atoms with Gasteiger partial charge in [-0.2, -0.15) is 9.29 Å². The van der Waals surface area contributed by atoms with Crippen LogP contribution < -0.4 is 4.90 Å². The van der Waals surface area contributed by atoms with Crippen LogP contribution in [0, 0.1) is 5.41 Å². The van der Waals surface area contributed by atoms with Crippen LogP contribution in [-0.2, 0) is 22.9 Å². The molecule has 7 nitrogen and oxygen atoms in total. The lowest BCUT2D eigenvalue weighted by atomic mass is 10.0. The lowest BCUT2D eigenvalue weighted by molar-refractivity contribution is 0.289. The van der Waals surface area contributed by atoms with E-state index in [1.54, 1.807) is 16.4 Å². The van der Waals surface area contributed by atoms with E-state index >= 15 is 0 Å². The minimum absolute atomic E-state index is 0.0588. The summed E-state index contributed by atoms with van der Waals surface area (Å²) in [5.74, 6) is 1.06. The molecule has 1 aliphatic carbocycles. The summed E-state index contributed by atoms with van der Waals surface area (Å²) < 4.78 is 34.3. The molecule has 1 atom stereocenters. The molecule has 2 fully saturated rings. The predicted octanol–water partition coefficient (Wildman–Crippen LogP) is 4.23. The molecule has 174 valence electrons. The zero-order chi connectivity index (χ0) is 23.1. The summed E-state index contributed by atoms with van der Waals surface area (Å²) in [5, 5.41) is 4.17. The number of aryl methyl sites for hydroxylation is 2. The molecule has 1 aliphatic heterocycles. The van der Waals surface area contributed by atoms with Crippen molar-refractivity contribution in [2.75, 3.05) is 25.5 Å². The standard InChI is InChI=1S/C25H30N4O3S/c1-28(2)20-11-13-21(14-12-20)33(30,31)29-18-25(15-16-25)17-22(29)24-26-23(27-32-24)10-6-9-19-7-4-3-5-8-19/h3-5,7-8,11-14,22H,6,9-10,15-18H2,1-2H3. The maximum atomic E-state index is 13.6. The fourth-order valence-corrected chi connectivity index (χ4v) is 6.36. The molecule has 8 heteroatoms. The van der Waals surface area contributed by atoms with Crippen LogP contribution in [0.5, 0.6) is 0 Å². The highest BCUT2D eigenvalue weighted by Gasteiger charge is 2.57. The van der Waals surface area contributed by atoms with Crippen LogP contribution in [0.4, 0.5) is 5.69 Å². The summed E-state index contributed by atoms with van der Waals surface area (Å²) in [6.45, 7) is 0.515. The average Bonchev–Trinajstić information content (AvgIpc) is 3.22. The van der Waals surface area contributed by atoms with E-state index in [2.05, 4.69) is 22.3 Å². The number of sulfonamides is 1. The summed E-state index contributed by atoms with van der Waals surface area (Å²) >= 11 is 0. The molecule has 0 N–H and O–H groups in total. The van der Waals surface area contributed by atoms with E-state index in [1.807, 2.05) is 49.3 Å². The first-order valence-corrected chi connectivity index (χ1v) is 13.0. The molecule has 1 aromatic heterocycles. The lowest BCUT2D eigenvalue weighted by Gasteiger charge is -2.22. The van der Waals surface area contributed by atoms with Crippen molar-refractivity contribution in [3.05, 3.63) is 71.9 Å². The number of hydrogen-bond donors (Lipinski definition) is 0. The molecule has 5 rings (SSSR count). The van der Waals surface area contributed by atoms with Gasteiger partial charge in [0.1, 0.15) is 6.04 Å². The zero-order valence-corrected chi connectivity index (χ0v) is 20.0. The minimum Gasteiger partial charge on any atom is -0.378 e. The molecule has 1 spiro atoms. The Balaban J connectivity index is 1.33. The molecule has 3 aromatic rings. The molecule has 0 amide bonds. The normalized spacial score (nSPS) is 19.8. The molecule has 1 unspecified atom stereocenters. The Kier molecular flexibility index (Phi) is 5.74. The lowest BCUT2D eigenvalue weighted by Crippen LogP contribution is -2.31. The molecule has 1 saturated heterocycles. The molecular formula is C25H30N4O3S. The van der Waals surface area contributed by atoms with Crippen LogP contribution in [0.25, 0.3) is 0 Å². The van der Waals surface area contributed by atoms with Gasteiger partial charge in [0.2, 0.25) is 15.9 Å². The van der Waals surface area contributed by atoms with Crippen molar-refractivity contribution >= 4 is 15.7 Å². The van der Waals surface area contributed by atoms with Crippen molar-refractivity contribution in [2.45, 2.75) is 49.5 Å². The van der Waals surface area contributed by atoms with Gasteiger partial charge in [0.15, 0.2) is 5.82 Å². The van der Waals surface area contributed by atoms with E-state index in [-0.39, 0.29) is 5.41 Å². The Labute approximate surface area is 195 Å². The van der Waals surface area contributed by atoms with E-state index in [4.69, 9.17) is 4.52 Å². The number of benzene rings is 2. The average molecular weight is 467 g/mol. The first-order chi connectivity index (χ1) is 15.9. The zero-order valence-electron chi connectivity index (χ0n) is 19.1. The van der Waals surface area contributed by atoms with Gasteiger partial charge in [-0.25, -0.2) is 8.42 Å². The van der Waals surface area contributed by atoms with Gasteiger partial charge in [-0.05, 0) is 67.3 Å². The van der Waals surface area contributed by atoms with E-state index in [0.717, 1.165) is 37.8 Å². The molecule has 0 bridgehead atoms. The van der Waals surface area contributed by atoms with Crippen molar-refractivity contribution in [2.24, 2.45) is 5.41 Å². The highest BCUT2D eigenvalue weighted by Crippen LogP contribution is 2.59. The third-order valence-electron chi connectivity index (χ3n) is 6.86. The third kappa shape index (κ3) is 4.54. The first-order valence-electron chi connectivity index (χ1n) is 11.5. The monoisotopic (exact) mass is 466 g/mol. The van der Waals surface area contributed by atoms with Gasteiger partial charge in [-0.15, -0.1) is 0 Å². The van der Waals surface area contributed by atoms with E-state index in [9.17, 15) is 8.42 Å². The number of rotatable bonds is 8. The second-order valence-corrected chi connectivity index (χ2v) is 11.4. The van der Waals surface area contributed by atoms with Crippen LogP contribution in [0.15, 0.2) is 64.0 Å². The Hall–Kier alpha value is -2.71. The van der Waals surface area contributed by atoms with Crippen LogP contribution in [0.3, 0.4) is 0 Å². The first kappa shape index (κ1) is 22.1. The summed E-state index contributed by atoms with van der Waals surface area (Å²) in [6.07, 6.45) is 5.40. The second-order valence-electron chi connectivity index (χ2n) is 9.55. The highest BCUT2D eigenvalue weighted by atomic mass is 32.2. The number of nitrogens with zero attached hydrogens (tertiary/aromatic N) is 4. The highest BCUT2D eigenvalue weighted by molar-refractivity contribution is 7.89. The fraction of sp³-hybridized carbons (Fsp3) is 0.440. The largest absolute Gasteiger partial charge is 0.378 e. The maximum Gasteiger partial charge on any atom is 0.245 e. The second kappa shape index (κ2) is 8.57. The SMILES string of the molecule is CN(C)c1ccc(S(=O)(=O)N2CC3(CC3)CC2c2nc(CCCc3ccccc3)no2)cc1. The molecule has 2 aliphatic rings. The third-order valence-corrected chi connectivity index (χ3v) is 8.73. The van der Waals surface area contributed by atoms with E-state index < -0.39 is 16.1 Å². The Morgan fingerprint density at radius 2 is 1.79 bits per heavy atom. The van der Waals surface area contributed by atoms with E-state index in [1.165, 1.54) is 5.56 Å². The molecule has 2 aromatic carbocycles. The summed E-state index contributed by atoms with van der Waals surface area (Å²) in [6, 6.07) is 17.0. The summed E-state index contributed by atoms with van der Waals surface area (Å²) in [7, 11) is 0.203. The number of aromatic nitrogens is 2. The maximum absolute atomic E-state index is 13.6. The molecule has 0 radical (unpaired) electrons.